The first-order valence-corrected chi connectivity index (χ1v) is 9.47. The molecular formula is C21H21FN4O3. The van der Waals surface area contributed by atoms with Crippen molar-refractivity contribution in [3.63, 3.8) is 0 Å². The van der Waals surface area contributed by atoms with Crippen LogP contribution in [-0.4, -0.2) is 44.9 Å². The number of ether oxygens (including phenoxy) is 1. The molecule has 0 saturated heterocycles. The summed E-state index contributed by atoms with van der Waals surface area (Å²) in [4.78, 5) is 26.8. The van der Waals surface area contributed by atoms with Crippen LogP contribution in [0, 0.1) is 5.82 Å². The van der Waals surface area contributed by atoms with E-state index in [2.05, 4.69) is 5.10 Å². The van der Waals surface area contributed by atoms with E-state index >= 15 is 0 Å². The van der Waals surface area contributed by atoms with E-state index in [-0.39, 0.29) is 24.0 Å². The minimum atomic E-state index is -0.358. The van der Waals surface area contributed by atoms with Gasteiger partial charge in [-0.05, 0) is 29.8 Å². The Bertz CT molecular complexity index is 1040. The Morgan fingerprint density at radius 2 is 1.79 bits per heavy atom. The molecule has 150 valence electrons. The lowest BCUT2D eigenvalue weighted by atomic mass is 10.2. The normalized spacial score (nSPS) is 13.6. The summed E-state index contributed by atoms with van der Waals surface area (Å²) >= 11 is 0. The molecule has 1 aliphatic heterocycles. The van der Waals surface area contributed by atoms with Gasteiger partial charge in [0.15, 0.2) is 6.61 Å². The van der Waals surface area contributed by atoms with Gasteiger partial charge >= 0.3 is 5.69 Å². The Labute approximate surface area is 166 Å². The molecule has 0 spiro atoms. The molecule has 2 heterocycles. The maximum atomic E-state index is 12.9. The smallest absolute Gasteiger partial charge is 0.346 e. The van der Waals surface area contributed by atoms with Gasteiger partial charge in [-0.15, -0.1) is 0 Å². The molecular weight excluding hydrogens is 375 g/mol. The highest BCUT2D eigenvalue weighted by atomic mass is 19.1. The second-order valence-corrected chi connectivity index (χ2v) is 6.87. The van der Waals surface area contributed by atoms with Crippen LogP contribution in [0.4, 0.5) is 4.39 Å². The maximum absolute atomic E-state index is 12.9. The number of fused-ring (bicyclic) bond motifs is 1. The Morgan fingerprint density at radius 3 is 2.55 bits per heavy atom. The minimum absolute atomic E-state index is 0.133. The van der Waals surface area contributed by atoms with Crippen LogP contribution in [0.2, 0.25) is 0 Å². The van der Waals surface area contributed by atoms with Gasteiger partial charge in [0.25, 0.3) is 5.91 Å². The van der Waals surface area contributed by atoms with E-state index in [9.17, 15) is 14.0 Å². The number of benzene rings is 2. The van der Waals surface area contributed by atoms with Crippen molar-refractivity contribution < 1.29 is 13.9 Å². The van der Waals surface area contributed by atoms with Crippen LogP contribution in [0.15, 0.2) is 59.4 Å². The molecule has 8 heteroatoms. The first kappa shape index (κ1) is 18.9. The standard InChI is InChI=1S/C21H21FN4O3/c22-17-6-8-18(9-7-17)29-15-20(27)24-11-10-19-23-26(21(28)25(19)13-12-24)14-16-4-2-1-3-5-16/h1-9H,10-15H2. The number of halogens is 1. The van der Waals surface area contributed by atoms with Crippen molar-refractivity contribution in [1.82, 2.24) is 19.2 Å². The van der Waals surface area contributed by atoms with Gasteiger partial charge in [0, 0.05) is 26.1 Å². The minimum Gasteiger partial charge on any atom is -0.484 e. The highest BCUT2D eigenvalue weighted by Gasteiger charge is 2.22. The SMILES string of the molecule is O=C(COc1ccc(F)cc1)N1CCc2nn(Cc3ccccc3)c(=O)n2CC1. The van der Waals surface area contributed by atoms with Crippen LogP contribution in [0.25, 0.3) is 0 Å². The molecule has 7 nitrogen and oxygen atoms in total. The summed E-state index contributed by atoms with van der Waals surface area (Å²) in [6.07, 6.45) is 0.499. The van der Waals surface area contributed by atoms with E-state index in [0.717, 1.165) is 5.56 Å². The van der Waals surface area contributed by atoms with Crippen LogP contribution in [0.3, 0.4) is 0 Å². The number of nitrogens with zero attached hydrogens (tertiary/aromatic N) is 4. The van der Waals surface area contributed by atoms with Crippen LogP contribution in [0.5, 0.6) is 5.75 Å². The average Bonchev–Trinajstić information content (AvgIpc) is 2.90. The quantitative estimate of drug-likeness (QED) is 0.658. The number of amides is 1. The predicted molar refractivity (Wildman–Crippen MR) is 104 cm³/mol. The average molecular weight is 396 g/mol. The van der Waals surface area contributed by atoms with Crippen LogP contribution in [0.1, 0.15) is 11.4 Å². The molecule has 0 bridgehead atoms. The lowest BCUT2D eigenvalue weighted by Gasteiger charge is -2.20. The summed E-state index contributed by atoms with van der Waals surface area (Å²) in [6.45, 7) is 1.56. The summed E-state index contributed by atoms with van der Waals surface area (Å²) in [7, 11) is 0. The van der Waals surface area contributed by atoms with Gasteiger partial charge in [0.1, 0.15) is 17.4 Å². The van der Waals surface area contributed by atoms with Crippen molar-refractivity contribution >= 4 is 5.91 Å². The van der Waals surface area contributed by atoms with E-state index < -0.39 is 0 Å². The number of hydrogen-bond acceptors (Lipinski definition) is 4. The number of aromatic nitrogens is 3. The second kappa shape index (κ2) is 8.30. The van der Waals surface area contributed by atoms with Gasteiger partial charge in [-0.3, -0.25) is 9.36 Å². The molecule has 0 aliphatic carbocycles. The predicted octanol–water partition coefficient (Wildman–Crippen LogP) is 1.70. The molecule has 0 unspecified atom stereocenters. The molecule has 29 heavy (non-hydrogen) atoms. The monoisotopic (exact) mass is 396 g/mol. The summed E-state index contributed by atoms with van der Waals surface area (Å²) in [5.74, 6) is 0.584. The zero-order chi connectivity index (χ0) is 20.2. The van der Waals surface area contributed by atoms with E-state index in [0.29, 0.717) is 44.2 Å². The number of rotatable bonds is 5. The number of carbonyl (C=O) groups excluding carboxylic acids is 1. The van der Waals surface area contributed by atoms with E-state index in [1.807, 2.05) is 30.3 Å². The second-order valence-electron chi connectivity index (χ2n) is 6.87. The van der Waals surface area contributed by atoms with Crippen molar-refractivity contribution in [2.45, 2.75) is 19.5 Å². The highest BCUT2D eigenvalue weighted by molar-refractivity contribution is 5.77. The Balaban J connectivity index is 1.37. The first-order valence-electron chi connectivity index (χ1n) is 9.47. The third kappa shape index (κ3) is 4.37. The molecule has 2 aromatic carbocycles. The lowest BCUT2D eigenvalue weighted by Crippen LogP contribution is -2.38. The molecule has 0 atom stereocenters. The largest absolute Gasteiger partial charge is 0.484 e. The van der Waals surface area contributed by atoms with Gasteiger partial charge in [-0.2, -0.15) is 5.10 Å². The maximum Gasteiger partial charge on any atom is 0.346 e. The van der Waals surface area contributed by atoms with Crippen molar-refractivity contribution in [1.29, 1.82) is 0 Å². The fourth-order valence-corrected chi connectivity index (χ4v) is 3.34. The van der Waals surface area contributed by atoms with E-state index in [1.165, 1.54) is 28.9 Å². The zero-order valence-corrected chi connectivity index (χ0v) is 15.8. The van der Waals surface area contributed by atoms with Crippen LogP contribution < -0.4 is 10.4 Å². The molecule has 1 aliphatic rings. The fraction of sp³-hybridized carbons (Fsp3) is 0.286. The van der Waals surface area contributed by atoms with Crippen molar-refractivity contribution in [2.75, 3.05) is 19.7 Å². The summed E-state index contributed by atoms with van der Waals surface area (Å²) in [6, 6.07) is 15.2. The Kier molecular flexibility index (Phi) is 5.41. The lowest BCUT2D eigenvalue weighted by molar-refractivity contribution is -0.133. The molecule has 1 aromatic heterocycles. The van der Waals surface area contributed by atoms with Gasteiger partial charge in [0.2, 0.25) is 0 Å². The van der Waals surface area contributed by atoms with Crippen molar-refractivity contribution in [3.05, 3.63) is 82.3 Å². The Morgan fingerprint density at radius 1 is 1.03 bits per heavy atom. The third-order valence-corrected chi connectivity index (χ3v) is 4.90. The molecule has 4 rings (SSSR count). The fourth-order valence-electron chi connectivity index (χ4n) is 3.34. The molecule has 3 aromatic rings. The zero-order valence-electron chi connectivity index (χ0n) is 15.8. The van der Waals surface area contributed by atoms with Crippen LogP contribution >= 0.6 is 0 Å². The molecule has 0 saturated carbocycles. The number of carbonyl (C=O) groups is 1. The van der Waals surface area contributed by atoms with E-state index in [1.54, 1.807) is 9.47 Å². The topological polar surface area (TPSA) is 69.4 Å². The van der Waals surface area contributed by atoms with Crippen molar-refractivity contribution in [2.24, 2.45) is 0 Å². The summed E-state index contributed by atoms with van der Waals surface area (Å²) in [5.41, 5.74) is 0.846. The summed E-state index contributed by atoms with van der Waals surface area (Å²) < 4.78 is 21.5. The summed E-state index contributed by atoms with van der Waals surface area (Å²) in [5, 5.41) is 4.46. The molecule has 0 fully saturated rings. The molecule has 1 amide bonds. The highest BCUT2D eigenvalue weighted by Crippen LogP contribution is 2.12. The Hall–Kier alpha value is -3.42. The number of hydrogen-bond donors (Lipinski definition) is 0. The third-order valence-electron chi connectivity index (χ3n) is 4.90. The van der Waals surface area contributed by atoms with Gasteiger partial charge in [-0.1, -0.05) is 30.3 Å². The van der Waals surface area contributed by atoms with Gasteiger partial charge < -0.3 is 9.64 Å². The molecule has 0 N–H and O–H groups in total. The van der Waals surface area contributed by atoms with Crippen LogP contribution in [-0.2, 0) is 24.3 Å². The van der Waals surface area contributed by atoms with Gasteiger partial charge in [-0.25, -0.2) is 13.9 Å². The van der Waals surface area contributed by atoms with Gasteiger partial charge in [0.05, 0.1) is 6.54 Å². The molecule has 0 radical (unpaired) electrons. The first-order chi connectivity index (χ1) is 14.1. The van der Waals surface area contributed by atoms with E-state index in [4.69, 9.17) is 4.74 Å². The van der Waals surface area contributed by atoms with Crippen molar-refractivity contribution in [3.8, 4) is 5.75 Å².